The molecule has 42 heavy (non-hydrogen) atoms. The first kappa shape index (κ1) is 28.2. The molecule has 1 fully saturated rings. The van der Waals surface area contributed by atoms with Gasteiger partial charge in [-0.05, 0) is 80.0 Å². The van der Waals surface area contributed by atoms with E-state index in [1.807, 2.05) is 42.5 Å². The molecule has 0 aliphatic carbocycles. The fraction of sp³-hybridized carbons (Fsp3) is 0.281. The highest BCUT2D eigenvalue weighted by molar-refractivity contribution is 7.91. The molecular weight excluding hydrogens is 574 g/mol. The number of fused-ring (bicyclic) bond motifs is 3. The van der Waals surface area contributed by atoms with E-state index in [2.05, 4.69) is 10.3 Å². The maximum atomic E-state index is 14.4. The van der Waals surface area contributed by atoms with Gasteiger partial charge in [0.15, 0.2) is 0 Å². The monoisotopic (exact) mass is 603 g/mol. The zero-order valence-electron chi connectivity index (χ0n) is 23.1. The summed E-state index contributed by atoms with van der Waals surface area (Å²) in [5, 5.41) is 2.72. The highest BCUT2D eigenvalue weighted by Gasteiger charge is 2.29. The Kier molecular flexibility index (Phi) is 7.67. The molecule has 2 aromatic carbocycles. The van der Waals surface area contributed by atoms with E-state index in [0.717, 1.165) is 27.4 Å². The molecule has 4 heterocycles. The number of pyridine rings is 1. The van der Waals surface area contributed by atoms with Crippen molar-refractivity contribution in [2.24, 2.45) is 5.92 Å². The van der Waals surface area contributed by atoms with Gasteiger partial charge in [0.05, 0.1) is 27.8 Å². The second-order valence-corrected chi connectivity index (χ2v) is 14.2. The Hall–Kier alpha value is -3.89. The second-order valence-electron chi connectivity index (χ2n) is 10.9. The molecule has 0 atom stereocenters. The normalized spacial score (nSPS) is 16.3. The minimum absolute atomic E-state index is 0.173. The average Bonchev–Trinajstić information content (AvgIpc) is 3.34. The third kappa shape index (κ3) is 5.73. The number of sulfone groups is 1. The maximum absolute atomic E-state index is 14.4. The summed E-state index contributed by atoms with van der Waals surface area (Å²) < 4.78 is 38.0. The minimum Gasteiger partial charge on any atom is -0.319 e. The summed E-state index contributed by atoms with van der Waals surface area (Å²) in [5.41, 5.74) is 4.49. The summed E-state index contributed by atoms with van der Waals surface area (Å²) in [5.74, 6) is -0.420. The van der Waals surface area contributed by atoms with Crippen molar-refractivity contribution < 1.29 is 22.4 Å². The first-order valence-corrected chi connectivity index (χ1v) is 16.6. The van der Waals surface area contributed by atoms with Crippen molar-refractivity contribution in [2.75, 3.05) is 28.3 Å². The number of para-hydroxylation sites is 2. The van der Waals surface area contributed by atoms with Crippen LogP contribution in [-0.4, -0.2) is 43.3 Å². The predicted molar refractivity (Wildman–Crippen MR) is 164 cm³/mol. The first-order chi connectivity index (χ1) is 20.2. The molecule has 2 aliphatic rings. The first-order valence-electron chi connectivity index (χ1n) is 14.0. The largest absolute Gasteiger partial charge is 0.319 e. The van der Waals surface area contributed by atoms with Gasteiger partial charge in [0, 0.05) is 22.7 Å². The van der Waals surface area contributed by atoms with Crippen LogP contribution in [0.3, 0.4) is 0 Å². The van der Waals surface area contributed by atoms with Gasteiger partial charge in [0.1, 0.15) is 21.3 Å². The van der Waals surface area contributed by atoms with Gasteiger partial charge in [-0.1, -0.05) is 36.4 Å². The van der Waals surface area contributed by atoms with E-state index in [-0.39, 0.29) is 34.9 Å². The molecule has 0 spiro atoms. The summed E-state index contributed by atoms with van der Waals surface area (Å²) in [6.45, 7) is 2.15. The number of nitrogens with one attached hydrogen (secondary N) is 1. The quantitative estimate of drug-likeness (QED) is 0.298. The average molecular weight is 604 g/mol. The molecule has 6 rings (SSSR count). The molecule has 1 N–H and O–H groups in total. The molecule has 1 saturated heterocycles. The van der Waals surface area contributed by atoms with E-state index in [0.29, 0.717) is 48.4 Å². The van der Waals surface area contributed by atoms with Crippen molar-refractivity contribution in [1.82, 2.24) is 4.98 Å². The van der Waals surface area contributed by atoms with Crippen LogP contribution >= 0.6 is 11.3 Å². The molecule has 0 bridgehead atoms. The van der Waals surface area contributed by atoms with Gasteiger partial charge in [0.2, 0.25) is 0 Å². The standard InChI is InChI=1S/C32H30FN3O4S2/c1-20-6-4-9-25(33)29(20)35-31(37)28-19-22-12-15-36(27-11-3-2-8-24(27)30(22)41-28)32(38)26-10-5-7-23(34-26)18-21-13-16-42(39,40)17-14-21/h2-11,19,21H,12-18H2,1H3,(H,35,37). The zero-order chi connectivity index (χ0) is 29.4. The van der Waals surface area contributed by atoms with Crippen molar-refractivity contribution in [3.63, 3.8) is 0 Å². The lowest BCUT2D eigenvalue weighted by atomic mass is 9.96. The van der Waals surface area contributed by atoms with Crippen molar-refractivity contribution in [3.05, 3.63) is 99.9 Å². The lowest BCUT2D eigenvalue weighted by molar-refractivity contribution is 0.0980. The number of hydrogen-bond acceptors (Lipinski definition) is 6. The molecule has 0 saturated carbocycles. The summed E-state index contributed by atoms with van der Waals surface area (Å²) in [7, 11) is -2.94. The van der Waals surface area contributed by atoms with Crippen LogP contribution in [0.15, 0.2) is 66.7 Å². The number of nitrogens with zero attached hydrogens (tertiary/aromatic N) is 2. The molecule has 216 valence electrons. The number of halogens is 1. The van der Waals surface area contributed by atoms with E-state index in [1.165, 1.54) is 17.4 Å². The molecule has 0 radical (unpaired) electrons. The van der Waals surface area contributed by atoms with Gasteiger partial charge in [-0.25, -0.2) is 17.8 Å². The zero-order valence-corrected chi connectivity index (χ0v) is 24.7. The smallest absolute Gasteiger partial charge is 0.276 e. The number of carbonyl (C=O) groups is 2. The van der Waals surface area contributed by atoms with E-state index in [9.17, 15) is 22.4 Å². The Morgan fingerprint density at radius 3 is 2.60 bits per heavy atom. The Labute approximate surface area is 248 Å². The van der Waals surface area contributed by atoms with Gasteiger partial charge in [-0.2, -0.15) is 0 Å². The molecule has 7 nitrogen and oxygen atoms in total. The summed E-state index contributed by atoms with van der Waals surface area (Å²) in [6.07, 6.45) is 2.41. The number of anilines is 2. The van der Waals surface area contributed by atoms with Crippen LogP contribution in [0.4, 0.5) is 15.8 Å². The SMILES string of the molecule is Cc1cccc(F)c1NC(=O)c1cc2c(s1)-c1ccccc1N(C(=O)c1cccc(CC3CCS(=O)(=O)CC3)n1)CC2. The van der Waals surface area contributed by atoms with E-state index in [1.54, 1.807) is 30.0 Å². The van der Waals surface area contributed by atoms with Gasteiger partial charge >= 0.3 is 0 Å². The number of rotatable bonds is 5. The number of thiophene rings is 1. The fourth-order valence-electron chi connectivity index (χ4n) is 5.67. The Morgan fingerprint density at radius 1 is 1.05 bits per heavy atom. The maximum Gasteiger partial charge on any atom is 0.276 e. The number of carbonyl (C=O) groups excluding carboxylic acids is 2. The number of benzene rings is 2. The van der Waals surface area contributed by atoms with Crippen molar-refractivity contribution in [3.8, 4) is 10.4 Å². The van der Waals surface area contributed by atoms with Crippen molar-refractivity contribution in [1.29, 1.82) is 0 Å². The van der Waals surface area contributed by atoms with Crippen LogP contribution in [0.5, 0.6) is 0 Å². The highest BCUT2D eigenvalue weighted by atomic mass is 32.2. The number of aromatic nitrogens is 1. The lowest BCUT2D eigenvalue weighted by Crippen LogP contribution is -2.33. The molecule has 10 heteroatoms. The summed E-state index contributed by atoms with van der Waals surface area (Å²) in [6, 6.07) is 19.6. The second kappa shape index (κ2) is 11.4. The van der Waals surface area contributed by atoms with Crippen LogP contribution in [0, 0.1) is 18.7 Å². The lowest BCUT2D eigenvalue weighted by Gasteiger charge is -2.24. The third-order valence-corrected chi connectivity index (χ3v) is 10.9. The van der Waals surface area contributed by atoms with Crippen LogP contribution in [0.1, 0.15) is 49.8 Å². The van der Waals surface area contributed by atoms with Crippen LogP contribution < -0.4 is 10.2 Å². The van der Waals surface area contributed by atoms with Gasteiger partial charge in [-0.3, -0.25) is 9.59 Å². The van der Waals surface area contributed by atoms with Crippen LogP contribution in [0.2, 0.25) is 0 Å². The fourth-order valence-corrected chi connectivity index (χ4v) is 8.40. The minimum atomic E-state index is -2.94. The number of amides is 2. The van der Waals surface area contributed by atoms with Crippen LogP contribution in [-0.2, 0) is 22.7 Å². The molecular formula is C32H30FN3O4S2. The van der Waals surface area contributed by atoms with E-state index < -0.39 is 15.7 Å². The molecule has 4 aromatic rings. The highest BCUT2D eigenvalue weighted by Crippen LogP contribution is 2.42. The Bertz CT molecular complexity index is 1770. The Balaban J connectivity index is 1.24. The van der Waals surface area contributed by atoms with Crippen molar-refractivity contribution >= 4 is 44.4 Å². The van der Waals surface area contributed by atoms with E-state index >= 15 is 0 Å². The molecule has 2 amide bonds. The summed E-state index contributed by atoms with van der Waals surface area (Å²) in [4.78, 5) is 34.8. The summed E-state index contributed by atoms with van der Waals surface area (Å²) >= 11 is 1.33. The van der Waals surface area contributed by atoms with Crippen molar-refractivity contribution in [2.45, 2.75) is 32.6 Å². The van der Waals surface area contributed by atoms with E-state index in [4.69, 9.17) is 0 Å². The topological polar surface area (TPSA) is 96.4 Å². The van der Waals surface area contributed by atoms with Gasteiger partial charge < -0.3 is 10.2 Å². The van der Waals surface area contributed by atoms with Crippen LogP contribution in [0.25, 0.3) is 10.4 Å². The van der Waals surface area contributed by atoms with Gasteiger partial charge in [0.25, 0.3) is 11.8 Å². The molecule has 2 aromatic heterocycles. The third-order valence-electron chi connectivity index (χ3n) is 7.98. The van der Waals surface area contributed by atoms with Gasteiger partial charge in [-0.15, -0.1) is 11.3 Å². The number of aryl methyl sites for hydroxylation is 1. The molecule has 2 aliphatic heterocycles. The Morgan fingerprint density at radius 2 is 1.81 bits per heavy atom. The molecule has 0 unspecified atom stereocenters. The predicted octanol–water partition coefficient (Wildman–Crippen LogP) is 6.08. The number of hydrogen-bond donors (Lipinski definition) is 1.